The smallest absolute Gasteiger partial charge is 0.255 e. The Morgan fingerprint density at radius 2 is 2.21 bits per heavy atom. The summed E-state index contributed by atoms with van der Waals surface area (Å²) in [5, 5.41) is 12.9. The molecule has 1 aliphatic carbocycles. The van der Waals surface area contributed by atoms with Crippen molar-refractivity contribution in [3.63, 3.8) is 0 Å². The third-order valence-electron chi connectivity index (χ3n) is 3.92. The van der Waals surface area contributed by atoms with Crippen LogP contribution in [-0.2, 0) is 0 Å². The Morgan fingerprint density at radius 1 is 1.47 bits per heavy atom. The number of hydrogen-bond donors (Lipinski definition) is 3. The summed E-state index contributed by atoms with van der Waals surface area (Å²) in [6, 6.07) is -0.0189. The molecule has 0 bridgehead atoms. The molecule has 3 unspecified atom stereocenters. The lowest BCUT2D eigenvalue weighted by molar-refractivity contribution is 0.177. The van der Waals surface area contributed by atoms with Crippen molar-refractivity contribution in [2.75, 3.05) is 6.54 Å². The maximum absolute atomic E-state index is 12.0. The number of rotatable bonds is 4. The van der Waals surface area contributed by atoms with Gasteiger partial charge in [-0.05, 0) is 52.5 Å². The van der Waals surface area contributed by atoms with E-state index in [2.05, 4.69) is 15.3 Å². The highest BCUT2D eigenvalue weighted by Gasteiger charge is 2.23. The molecule has 1 aromatic heterocycles. The summed E-state index contributed by atoms with van der Waals surface area (Å²) in [5.41, 5.74) is 1.44. The molecule has 3 atom stereocenters. The van der Waals surface area contributed by atoms with Crippen LogP contribution in [0, 0.1) is 19.8 Å². The van der Waals surface area contributed by atoms with Gasteiger partial charge in [0.15, 0.2) is 0 Å². The number of nitrogens with one attached hydrogen (secondary N) is 2. The van der Waals surface area contributed by atoms with Gasteiger partial charge in [-0.1, -0.05) is 0 Å². The third-order valence-corrected chi connectivity index (χ3v) is 3.92. The number of hydrogen-bond acceptors (Lipinski definition) is 4. The van der Waals surface area contributed by atoms with E-state index in [1.165, 1.54) is 0 Å². The van der Waals surface area contributed by atoms with Gasteiger partial charge in [0.05, 0.1) is 11.7 Å². The lowest BCUT2D eigenvalue weighted by atomic mass is 10.1. The second-order valence-corrected chi connectivity index (χ2v) is 5.61. The zero-order chi connectivity index (χ0) is 14.0. The van der Waals surface area contributed by atoms with Crippen LogP contribution >= 0.6 is 0 Å². The lowest BCUT2D eigenvalue weighted by Gasteiger charge is -2.18. The van der Waals surface area contributed by atoms with Gasteiger partial charge in [-0.2, -0.15) is 0 Å². The first-order valence-electron chi connectivity index (χ1n) is 6.96. The van der Waals surface area contributed by atoms with E-state index in [1.807, 2.05) is 13.8 Å². The molecule has 2 rings (SSSR count). The van der Waals surface area contributed by atoms with E-state index < -0.39 is 0 Å². The minimum atomic E-state index is -0.145. The summed E-state index contributed by atoms with van der Waals surface area (Å²) in [6.45, 7) is 6.48. The minimum Gasteiger partial charge on any atom is -0.393 e. The van der Waals surface area contributed by atoms with Crippen molar-refractivity contribution in [3.8, 4) is 0 Å². The SMILES string of the molecule is Cc1nc(C)c(C(C)NCC2CCC(O)C2)c(=O)[nH]1. The first-order valence-corrected chi connectivity index (χ1v) is 6.96. The van der Waals surface area contributed by atoms with Gasteiger partial charge < -0.3 is 15.4 Å². The molecule has 1 fully saturated rings. The van der Waals surface area contributed by atoms with Crippen LogP contribution in [0.3, 0.4) is 0 Å². The van der Waals surface area contributed by atoms with Crippen molar-refractivity contribution in [2.45, 2.75) is 52.2 Å². The van der Waals surface area contributed by atoms with Gasteiger partial charge in [0.2, 0.25) is 0 Å². The Kier molecular flexibility index (Phi) is 4.37. The van der Waals surface area contributed by atoms with Crippen molar-refractivity contribution < 1.29 is 5.11 Å². The molecule has 5 heteroatoms. The van der Waals surface area contributed by atoms with Crippen molar-refractivity contribution in [3.05, 3.63) is 27.4 Å². The Morgan fingerprint density at radius 3 is 2.79 bits per heavy atom. The van der Waals surface area contributed by atoms with Crippen LogP contribution in [0.5, 0.6) is 0 Å². The Balaban J connectivity index is 2.00. The van der Waals surface area contributed by atoms with Gasteiger partial charge in [0.25, 0.3) is 5.56 Å². The Bertz CT molecular complexity index is 498. The van der Waals surface area contributed by atoms with Crippen molar-refractivity contribution in [1.82, 2.24) is 15.3 Å². The predicted octanol–water partition coefficient (Wildman–Crippen LogP) is 1.20. The number of H-pyrrole nitrogens is 1. The lowest BCUT2D eigenvalue weighted by Crippen LogP contribution is -2.30. The fourth-order valence-electron chi connectivity index (χ4n) is 2.93. The normalized spacial score (nSPS) is 24.6. The summed E-state index contributed by atoms with van der Waals surface area (Å²) < 4.78 is 0. The van der Waals surface area contributed by atoms with Crippen LogP contribution in [0.15, 0.2) is 4.79 Å². The summed E-state index contributed by atoms with van der Waals surface area (Å²) in [7, 11) is 0. The average molecular weight is 265 g/mol. The molecule has 0 radical (unpaired) electrons. The quantitative estimate of drug-likeness (QED) is 0.764. The second-order valence-electron chi connectivity index (χ2n) is 5.61. The summed E-state index contributed by atoms with van der Waals surface area (Å²) >= 11 is 0. The van der Waals surface area contributed by atoms with Crippen molar-refractivity contribution in [2.24, 2.45) is 5.92 Å². The summed E-state index contributed by atoms with van der Waals surface area (Å²) in [6.07, 6.45) is 2.67. The van der Waals surface area contributed by atoms with Gasteiger partial charge in [-0.25, -0.2) is 4.98 Å². The molecule has 19 heavy (non-hydrogen) atoms. The van der Waals surface area contributed by atoms with Crippen LogP contribution < -0.4 is 10.9 Å². The molecule has 106 valence electrons. The molecule has 1 aromatic rings. The van der Waals surface area contributed by atoms with Crippen molar-refractivity contribution in [1.29, 1.82) is 0 Å². The molecule has 5 nitrogen and oxygen atoms in total. The first kappa shape index (κ1) is 14.2. The Hall–Kier alpha value is -1.20. The fraction of sp³-hybridized carbons (Fsp3) is 0.714. The van der Waals surface area contributed by atoms with Crippen LogP contribution in [0.4, 0.5) is 0 Å². The maximum atomic E-state index is 12.0. The van der Waals surface area contributed by atoms with E-state index in [0.29, 0.717) is 17.3 Å². The third kappa shape index (κ3) is 3.42. The van der Waals surface area contributed by atoms with E-state index in [-0.39, 0.29) is 17.7 Å². The molecule has 1 saturated carbocycles. The predicted molar refractivity (Wildman–Crippen MR) is 74.1 cm³/mol. The van der Waals surface area contributed by atoms with Gasteiger partial charge in [0.1, 0.15) is 5.82 Å². The molecule has 1 aliphatic rings. The minimum absolute atomic E-state index is 0.0189. The highest BCUT2D eigenvalue weighted by Crippen LogP contribution is 2.25. The standard InChI is InChI=1S/C14H23N3O2/c1-8(15-7-11-4-5-12(18)6-11)13-9(2)16-10(3)17-14(13)19/h8,11-12,15,18H,4-7H2,1-3H3,(H,16,17,19). The molecular weight excluding hydrogens is 242 g/mol. The van der Waals surface area contributed by atoms with Crippen LogP contribution in [0.25, 0.3) is 0 Å². The number of aromatic amines is 1. The molecule has 0 aliphatic heterocycles. The van der Waals surface area contributed by atoms with Crippen LogP contribution in [0.1, 0.15) is 49.3 Å². The van der Waals surface area contributed by atoms with Gasteiger partial charge in [-0.3, -0.25) is 4.79 Å². The van der Waals surface area contributed by atoms with E-state index in [4.69, 9.17) is 0 Å². The monoisotopic (exact) mass is 265 g/mol. The molecule has 0 aromatic carbocycles. The van der Waals surface area contributed by atoms with Gasteiger partial charge >= 0.3 is 0 Å². The second kappa shape index (κ2) is 5.84. The summed E-state index contributed by atoms with van der Waals surface area (Å²) in [4.78, 5) is 19.0. The highest BCUT2D eigenvalue weighted by molar-refractivity contribution is 5.19. The number of aliphatic hydroxyl groups excluding tert-OH is 1. The zero-order valence-electron chi connectivity index (χ0n) is 11.9. The largest absolute Gasteiger partial charge is 0.393 e. The average Bonchev–Trinajstić information content (AvgIpc) is 2.71. The molecular formula is C14H23N3O2. The van der Waals surface area contributed by atoms with Gasteiger partial charge in [-0.15, -0.1) is 0 Å². The number of aliphatic hydroxyl groups is 1. The number of aromatic nitrogens is 2. The van der Waals surface area contributed by atoms with Crippen LogP contribution in [-0.4, -0.2) is 27.7 Å². The van der Waals surface area contributed by atoms with E-state index in [0.717, 1.165) is 31.5 Å². The maximum Gasteiger partial charge on any atom is 0.255 e. The molecule has 1 heterocycles. The topological polar surface area (TPSA) is 78.0 Å². The van der Waals surface area contributed by atoms with Crippen LogP contribution in [0.2, 0.25) is 0 Å². The zero-order valence-corrected chi connectivity index (χ0v) is 11.9. The fourth-order valence-corrected chi connectivity index (χ4v) is 2.93. The molecule has 0 amide bonds. The van der Waals surface area contributed by atoms with Gasteiger partial charge in [0, 0.05) is 11.7 Å². The number of aryl methyl sites for hydroxylation is 2. The van der Waals surface area contributed by atoms with E-state index >= 15 is 0 Å². The number of nitrogens with zero attached hydrogens (tertiary/aromatic N) is 1. The Labute approximate surface area is 113 Å². The first-order chi connectivity index (χ1) is 8.97. The molecule has 3 N–H and O–H groups in total. The molecule has 0 saturated heterocycles. The van der Waals surface area contributed by atoms with E-state index in [9.17, 15) is 9.90 Å². The summed E-state index contributed by atoms with van der Waals surface area (Å²) in [5.74, 6) is 1.16. The highest BCUT2D eigenvalue weighted by atomic mass is 16.3. The van der Waals surface area contributed by atoms with Crippen molar-refractivity contribution >= 4 is 0 Å². The molecule has 0 spiro atoms. The van der Waals surface area contributed by atoms with E-state index in [1.54, 1.807) is 6.92 Å².